The fourth-order valence-electron chi connectivity index (χ4n) is 1.48. The summed E-state index contributed by atoms with van der Waals surface area (Å²) in [5.41, 5.74) is 2.46. The minimum atomic E-state index is -0.262. The van der Waals surface area contributed by atoms with Crippen molar-refractivity contribution in [3.8, 4) is 6.07 Å². The van der Waals surface area contributed by atoms with Crippen LogP contribution in [0, 0.1) is 11.3 Å². The number of hydrogen-bond acceptors (Lipinski definition) is 2. The molecule has 0 fully saturated rings. The first kappa shape index (κ1) is 10.7. The van der Waals surface area contributed by atoms with Crippen molar-refractivity contribution < 1.29 is 0 Å². The molecule has 0 radical (unpaired) electrons. The normalized spacial score (nSPS) is 11.8. The largest absolute Gasteiger partial charge is 0.264 e. The fraction of sp³-hybridized carbons (Fsp3) is 0.0769. The molecule has 2 rings (SSSR count). The number of pyridine rings is 1. The molecule has 1 aromatic carbocycles. The van der Waals surface area contributed by atoms with E-state index >= 15 is 0 Å². The molecule has 1 atom stereocenters. The molecular weight excluding hydrogens is 220 g/mol. The van der Waals surface area contributed by atoms with Crippen LogP contribution in [0.5, 0.6) is 0 Å². The standard InChI is InChI=1S/C13H9ClN2/c14-13(12-5-2-6-16-9-12)11-4-1-3-10(7-11)8-15/h1-7,9,13H. The highest BCUT2D eigenvalue weighted by Crippen LogP contribution is 2.28. The molecule has 0 aliphatic rings. The smallest absolute Gasteiger partial charge is 0.0991 e. The summed E-state index contributed by atoms with van der Waals surface area (Å²) in [7, 11) is 0. The van der Waals surface area contributed by atoms with Crippen LogP contribution in [0.3, 0.4) is 0 Å². The number of benzene rings is 1. The van der Waals surface area contributed by atoms with Crippen LogP contribution < -0.4 is 0 Å². The van der Waals surface area contributed by atoms with Gasteiger partial charge in [0, 0.05) is 12.4 Å². The van der Waals surface area contributed by atoms with Gasteiger partial charge in [0.2, 0.25) is 0 Å². The van der Waals surface area contributed by atoms with Gasteiger partial charge < -0.3 is 0 Å². The van der Waals surface area contributed by atoms with E-state index in [1.165, 1.54) is 0 Å². The lowest BCUT2D eigenvalue weighted by Crippen LogP contribution is -1.94. The van der Waals surface area contributed by atoms with E-state index in [4.69, 9.17) is 16.9 Å². The first-order valence-electron chi connectivity index (χ1n) is 4.85. The molecule has 2 nitrogen and oxygen atoms in total. The lowest BCUT2D eigenvalue weighted by Gasteiger charge is -2.09. The van der Waals surface area contributed by atoms with E-state index in [2.05, 4.69) is 11.1 Å². The maximum absolute atomic E-state index is 8.81. The summed E-state index contributed by atoms with van der Waals surface area (Å²) in [5, 5.41) is 8.55. The third kappa shape index (κ3) is 2.21. The summed E-state index contributed by atoms with van der Waals surface area (Å²) < 4.78 is 0. The highest BCUT2D eigenvalue weighted by Gasteiger charge is 2.10. The topological polar surface area (TPSA) is 36.7 Å². The Labute approximate surface area is 99.1 Å². The summed E-state index contributed by atoms with van der Waals surface area (Å²) in [5.74, 6) is 0. The van der Waals surface area contributed by atoms with Crippen LogP contribution in [0.1, 0.15) is 22.1 Å². The highest BCUT2D eigenvalue weighted by molar-refractivity contribution is 6.22. The third-order valence-electron chi connectivity index (χ3n) is 2.29. The predicted molar refractivity (Wildman–Crippen MR) is 63.1 cm³/mol. The Morgan fingerprint density at radius 1 is 1.19 bits per heavy atom. The molecule has 16 heavy (non-hydrogen) atoms. The molecule has 0 spiro atoms. The lowest BCUT2D eigenvalue weighted by molar-refractivity contribution is 1.10. The maximum Gasteiger partial charge on any atom is 0.0991 e. The number of aromatic nitrogens is 1. The lowest BCUT2D eigenvalue weighted by atomic mass is 10.0. The van der Waals surface area contributed by atoms with Crippen molar-refractivity contribution in [2.24, 2.45) is 0 Å². The minimum absolute atomic E-state index is 0.262. The predicted octanol–water partition coefficient (Wildman–Crippen LogP) is 3.28. The van der Waals surface area contributed by atoms with Crippen molar-refractivity contribution in [2.45, 2.75) is 5.38 Å². The molecular formula is C13H9ClN2. The average molecular weight is 229 g/mol. The van der Waals surface area contributed by atoms with Gasteiger partial charge in [0.05, 0.1) is 17.0 Å². The first-order chi connectivity index (χ1) is 7.81. The van der Waals surface area contributed by atoms with Crippen molar-refractivity contribution in [2.75, 3.05) is 0 Å². The van der Waals surface area contributed by atoms with E-state index in [-0.39, 0.29) is 5.38 Å². The van der Waals surface area contributed by atoms with Crippen LogP contribution in [-0.2, 0) is 0 Å². The van der Waals surface area contributed by atoms with Gasteiger partial charge >= 0.3 is 0 Å². The average Bonchev–Trinajstić information content (AvgIpc) is 2.39. The van der Waals surface area contributed by atoms with E-state index in [0.717, 1.165) is 11.1 Å². The summed E-state index contributed by atoms with van der Waals surface area (Å²) >= 11 is 6.31. The van der Waals surface area contributed by atoms with E-state index in [0.29, 0.717) is 5.56 Å². The Morgan fingerprint density at radius 3 is 2.69 bits per heavy atom. The van der Waals surface area contributed by atoms with Crippen LogP contribution >= 0.6 is 11.6 Å². The third-order valence-corrected chi connectivity index (χ3v) is 2.79. The minimum Gasteiger partial charge on any atom is -0.264 e. The monoisotopic (exact) mass is 228 g/mol. The molecule has 3 heteroatoms. The van der Waals surface area contributed by atoms with Crippen molar-refractivity contribution in [3.63, 3.8) is 0 Å². The number of alkyl halides is 1. The quantitative estimate of drug-likeness (QED) is 0.740. The van der Waals surface area contributed by atoms with Gasteiger partial charge in [0.1, 0.15) is 0 Å². The molecule has 0 amide bonds. The van der Waals surface area contributed by atoms with Crippen LogP contribution in [0.15, 0.2) is 48.8 Å². The maximum atomic E-state index is 8.81. The Balaban J connectivity index is 2.35. The molecule has 1 heterocycles. The summed E-state index contributed by atoms with van der Waals surface area (Å²) in [6.07, 6.45) is 3.44. The second-order valence-electron chi connectivity index (χ2n) is 3.39. The van der Waals surface area contributed by atoms with Gasteiger partial charge in [-0.1, -0.05) is 18.2 Å². The van der Waals surface area contributed by atoms with E-state index in [1.54, 1.807) is 24.5 Å². The van der Waals surface area contributed by atoms with Crippen LogP contribution in [0.2, 0.25) is 0 Å². The number of halogens is 1. The van der Waals surface area contributed by atoms with Gasteiger partial charge in [-0.15, -0.1) is 11.6 Å². The SMILES string of the molecule is N#Cc1cccc(C(Cl)c2cccnc2)c1. The molecule has 0 saturated heterocycles. The second-order valence-corrected chi connectivity index (χ2v) is 3.82. The van der Waals surface area contributed by atoms with E-state index < -0.39 is 0 Å². The Morgan fingerprint density at radius 2 is 2.00 bits per heavy atom. The zero-order valence-electron chi connectivity index (χ0n) is 8.47. The number of hydrogen-bond donors (Lipinski definition) is 0. The summed E-state index contributed by atoms with van der Waals surface area (Å²) in [4.78, 5) is 4.02. The number of nitriles is 1. The van der Waals surface area contributed by atoms with Crippen molar-refractivity contribution in [1.82, 2.24) is 4.98 Å². The van der Waals surface area contributed by atoms with Crippen molar-refractivity contribution >= 4 is 11.6 Å². The van der Waals surface area contributed by atoms with Gasteiger partial charge in [-0.3, -0.25) is 4.98 Å². The van der Waals surface area contributed by atoms with Gasteiger partial charge in [0.25, 0.3) is 0 Å². The Kier molecular flexibility index (Phi) is 3.19. The molecule has 1 unspecified atom stereocenters. The molecule has 0 aliphatic carbocycles. The van der Waals surface area contributed by atoms with Crippen molar-refractivity contribution in [3.05, 3.63) is 65.5 Å². The van der Waals surface area contributed by atoms with E-state index in [1.807, 2.05) is 24.3 Å². The van der Waals surface area contributed by atoms with Crippen LogP contribution in [-0.4, -0.2) is 4.98 Å². The van der Waals surface area contributed by atoms with E-state index in [9.17, 15) is 0 Å². The fourth-order valence-corrected chi connectivity index (χ4v) is 1.75. The second kappa shape index (κ2) is 4.78. The van der Waals surface area contributed by atoms with Crippen LogP contribution in [0.25, 0.3) is 0 Å². The Bertz CT molecular complexity index is 517. The summed E-state index contributed by atoms with van der Waals surface area (Å²) in [6.45, 7) is 0. The molecule has 1 aromatic heterocycles. The van der Waals surface area contributed by atoms with Gasteiger partial charge in [-0.05, 0) is 29.3 Å². The van der Waals surface area contributed by atoms with Gasteiger partial charge in [-0.2, -0.15) is 5.26 Å². The summed E-state index contributed by atoms with van der Waals surface area (Å²) in [6, 6.07) is 13.2. The van der Waals surface area contributed by atoms with Crippen molar-refractivity contribution in [1.29, 1.82) is 5.26 Å². The van der Waals surface area contributed by atoms with Crippen LogP contribution in [0.4, 0.5) is 0 Å². The van der Waals surface area contributed by atoms with Gasteiger partial charge in [0.15, 0.2) is 0 Å². The number of rotatable bonds is 2. The zero-order chi connectivity index (χ0) is 11.4. The Hall–Kier alpha value is -1.85. The highest BCUT2D eigenvalue weighted by atomic mass is 35.5. The molecule has 0 aliphatic heterocycles. The molecule has 0 bridgehead atoms. The molecule has 2 aromatic rings. The van der Waals surface area contributed by atoms with Gasteiger partial charge in [-0.25, -0.2) is 0 Å². The molecule has 0 N–H and O–H groups in total. The zero-order valence-corrected chi connectivity index (χ0v) is 9.22. The number of nitrogens with zero attached hydrogens (tertiary/aromatic N) is 2. The molecule has 78 valence electrons. The molecule has 0 saturated carbocycles. The first-order valence-corrected chi connectivity index (χ1v) is 5.29.